The third-order valence-corrected chi connectivity index (χ3v) is 17.1. The van der Waals surface area contributed by atoms with E-state index in [1.165, 1.54) is 29.4 Å². The number of halogens is 5. The number of hydrogen-bond acceptors (Lipinski definition) is 18. The number of thiazole rings is 1. The van der Waals surface area contributed by atoms with Crippen LogP contribution in [-0.2, 0) is 55.6 Å². The molecule has 2 aromatic heterocycles. The molecule has 8 rings (SSSR count). The molecule has 91 heavy (non-hydrogen) atoms. The van der Waals surface area contributed by atoms with Gasteiger partial charge < -0.3 is 64.3 Å². The van der Waals surface area contributed by atoms with Crippen molar-refractivity contribution >= 4 is 58.2 Å². The van der Waals surface area contributed by atoms with Crippen LogP contribution in [0.5, 0.6) is 0 Å². The summed E-state index contributed by atoms with van der Waals surface area (Å²) in [5.74, 6) is -4.28. The highest BCUT2D eigenvalue weighted by molar-refractivity contribution is 7.13. The smallest absolute Gasteiger partial charge is 0.391 e. The molecule has 22 nitrogen and oxygen atoms in total. The van der Waals surface area contributed by atoms with Gasteiger partial charge in [-0.1, -0.05) is 45.0 Å². The first kappa shape index (κ1) is 69.6. The summed E-state index contributed by atoms with van der Waals surface area (Å²) >= 11 is 1.55. The Balaban J connectivity index is 0.676. The van der Waals surface area contributed by atoms with E-state index < -0.39 is 76.2 Å². The Morgan fingerprint density at radius 2 is 1.35 bits per heavy atom. The van der Waals surface area contributed by atoms with Gasteiger partial charge in [0.05, 0.1) is 97.5 Å². The van der Waals surface area contributed by atoms with Crippen LogP contribution in [0.2, 0.25) is 0 Å². The lowest BCUT2D eigenvalue weighted by atomic mass is 9.85. The maximum absolute atomic E-state index is 16.2. The molecule has 3 saturated heterocycles. The molecule has 0 bridgehead atoms. The quantitative estimate of drug-likeness (QED) is 0.0338. The van der Waals surface area contributed by atoms with Gasteiger partial charge in [0.1, 0.15) is 36.9 Å². The Labute approximate surface area is 529 Å². The number of aryl methyl sites for hydroxylation is 1. The van der Waals surface area contributed by atoms with E-state index in [1.807, 2.05) is 61.9 Å². The lowest BCUT2D eigenvalue weighted by molar-refractivity contribution is -0.144. The second-order valence-corrected chi connectivity index (χ2v) is 24.6. The summed E-state index contributed by atoms with van der Waals surface area (Å²) in [6.07, 6.45) is -3.05. The van der Waals surface area contributed by atoms with E-state index in [0.717, 1.165) is 33.8 Å². The third-order valence-electron chi connectivity index (χ3n) is 16.1. The number of rotatable bonds is 27. The van der Waals surface area contributed by atoms with Crippen LogP contribution >= 0.6 is 11.3 Å². The number of aromatic nitrogens is 3. The molecule has 3 aliphatic heterocycles. The normalized spacial score (nSPS) is 18.6. The molecule has 3 fully saturated rings. The predicted octanol–water partition coefficient (Wildman–Crippen LogP) is 6.19. The van der Waals surface area contributed by atoms with Gasteiger partial charge >= 0.3 is 6.18 Å². The van der Waals surface area contributed by atoms with Gasteiger partial charge in [0, 0.05) is 94.4 Å². The number of piperazine rings is 2. The van der Waals surface area contributed by atoms with Crippen molar-refractivity contribution in [3.05, 3.63) is 107 Å². The van der Waals surface area contributed by atoms with Gasteiger partial charge in [-0.2, -0.15) is 13.2 Å². The van der Waals surface area contributed by atoms with E-state index in [1.54, 1.807) is 42.5 Å². The number of β-amino-alcohol motifs (C(OH)–C–C–N with tert-alkyl or cyclic N) is 1. The van der Waals surface area contributed by atoms with E-state index in [4.69, 9.17) is 23.7 Å². The summed E-state index contributed by atoms with van der Waals surface area (Å²) in [6, 6.07) is 10.2. The van der Waals surface area contributed by atoms with Gasteiger partial charge in [-0.25, -0.2) is 23.7 Å². The minimum atomic E-state index is -5.03. The predicted molar refractivity (Wildman–Crippen MR) is 330 cm³/mol. The van der Waals surface area contributed by atoms with Crippen LogP contribution in [-0.4, -0.2) is 213 Å². The molecular formula is C63H80F5N11O11S. The van der Waals surface area contributed by atoms with Crippen molar-refractivity contribution in [2.75, 3.05) is 134 Å². The number of nitrogens with zero attached hydrogens (tertiary/aromatic N) is 8. The molecule has 5 atom stereocenters. The molecule has 0 radical (unpaired) electrons. The monoisotopic (exact) mass is 1290 g/mol. The molecule has 3 aromatic carbocycles. The fourth-order valence-electron chi connectivity index (χ4n) is 10.8. The van der Waals surface area contributed by atoms with Crippen LogP contribution in [0.15, 0.2) is 72.5 Å². The average Bonchev–Trinajstić information content (AvgIpc) is 1.26. The van der Waals surface area contributed by atoms with Gasteiger partial charge in [0.15, 0.2) is 0 Å². The molecule has 494 valence electrons. The molecular weight excluding hydrogens is 1210 g/mol. The Bertz CT molecular complexity index is 3270. The Morgan fingerprint density at radius 3 is 1.93 bits per heavy atom. The van der Waals surface area contributed by atoms with E-state index >= 15 is 4.39 Å². The maximum atomic E-state index is 16.2. The average molecular weight is 1290 g/mol. The van der Waals surface area contributed by atoms with Gasteiger partial charge in [0.25, 0.3) is 5.91 Å². The second-order valence-electron chi connectivity index (χ2n) is 23.8. The van der Waals surface area contributed by atoms with Crippen LogP contribution in [0.1, 0.15) is 68.2 Å². The summed E-state index contributed by atoms with van der Waals surface area (Å²) in [5, 5.41) is 18.8. The van der Waals surface area contributed by atoms with E-state index in [0.29, 0.717) is 45.2 Å². The first-order valence-electron chi connectivity index (χ1n) is 30.1. The number of likely N-dealkylation sites (tertiary alicyclic amines) is 1. The topological polar surface area (TPSA) is 243 Å². The minimum Gasteiger partial charge on any atom is -0.391 e. The van der Waals surface area contributed by atoms with Gasteiger partial charge in [0.2, 0.25) is 29.6 Å². The van der Waals surface area contributed by atoms with E-state index in [9.17, 15) is 46.6 Å². The summed E-state index contributed by atoms with van der Waals surface area (Å²) in [7, 11) is 1.96. The standard InChI is InChI=1S/C63H80F5N11O11S/c1-39-33-78(34-40(2)75(39)7)52-29-50(65)48(28-51(52)73-58(83)47-13-12-45(64)26-49(47)63(66,67)68)44-31-70-61(71-32-44)77-16-14-76(15-17-77)55(82)37-90-25-23-88-21-19-86-18-20-87-22-24-89-36-54(81)74-57(62(4,5)6)60(85)79-35-46(80)27-53(79)59(84)69-30-42-8-10-43(11-9-42)56-41(3)72-38-91-56/h8-13,26,28-29,31-32,38-40,46,53,57,80H,14-25,27,30,33-37H2,1-7H3,(H,69,84)(H,73,83)(H,74,81)/t39-,40+,46-,53+,57-/m1/s1. The lowest BCUT2D eigenvalue weighted by Gasteiger charge is -2.44. The first-order chi connectivity index (χ1) is 43.4. The fraction of sp³-hybridized carbons (Fsp3) is 0.524. The molecule has 5 amide bonds. The summed E-state index contributed by atoms with van der Waals surface area (Å²) in [5.41, 5.74) is 2.17. The first-order valence-corrected chi connectivity index (χ1v) is 31.0. The van der Waals surface area contributed by atoms with Gasteiger partial charge in [-0.15, -0.1) is 11.3 Å². The zero-order valence-electron chi connectivity index (χ0n) is 52.2. The number of ether oxygens (including phenoxy) is 5. The van der Waals surface area contributed by atoms with E-state index in [2.05, 4.69) is 35.8 Å². The summed E-state index contributed by atoms with van der Waals surface area (Å²) < 4.78 is 99.8. The number of benzene rings is 3. The zero-order chi connectivity index (χ0) is 65.6. The Morgan fingerprint density at radius 1 is 0.747 bits per heavy atom. The minimum absolute atomic E-state index is 0.0155. The number of likely N-dealkylation sites (N-methyl/N-ethyl adjacent to an activating group) is 1. The molecule has 4 N–H and O–H groups in total. The van der Waals surface area contributed by atoms with Gasteiger partial charge in [-0.05, 0) is 74.7 Å². The largest absolute Gasteiger partial charge is 0.417 e. The summed E-state index contributed by atoms with van der Waals surface area (Å²) in [4.78, 5) is 90.2. The highest BCUT2D eigenvalue weighted by Gasteiger charge is 2.45. The van der Waals surface area contributed by atoms with Crippen LogP contribution in [0.25, 0.3) is 21.6 Å². The van der Waals surface area contributed by atoms with Gasteiger partial charge in [-0.3, -0.25) is 28.9 Å². The highest BCUT2D eigenvalue weighted by Crippen LogP contribution is 2.38. The van der Waals surface area contributed by atoms with Crippen molar-refractivity contribution in [2.24, 2.45) is 5.41 Å². The number of carbonyl (C=O) groups is 5. The number of alkyl halides is 3. The van der Waals surface area contributed by atoms with Crippen molar-refractivity contribution in [1.29, 1.82) is 0 Å². The molecule has 0 unspecified atom stereocenters. The number of hydrogen-bond donors (Lipinski definition) is 4. The molecule has 5 heterocycles. The molecule has 5 aromatic rings. The number of carbonyl (C=O) groups excluding carboxylic acids is 5. The Hall–Kier alpha value is -7.31. The number of nitrogens with one attached hydrogen (secondary N) is 3. The van der Waals surface area contributed by atoms with Crippen LogP contribution in [0.4, 0.5) is 39.3 Å². The molecule has 0 aliphatic carbocycles. The fourth-order valence-corrected chi connectivity index (χ4v) is 11.7. The van der Waals surface area contributed by atoms with Crippen LogP contribution < -0.4 is 25.8 Å². The second kappa shape index (κ2) is 31.8. The van der Waals surface area contributed by atoms with Crippen LogP contribution in [0, 0.1) is 24.0 Å². The van der Waals surface area contributed by atoms with Crippen molar-refractivity contribution in [3.8, 4) is 21.6 Å². The van der Waals surface area contributed by atoms with Crippen molar-refractivity contribution in [3.63, 3.8) is 0 Å². The molecule has 0 saturated carbocycles. The SMILES string of the molecule is Cc1ncsc1-c1ccc(CNC(=O)[C@@H]2C[C@@H](O)CN2C(=O)[C@@H](NC(=O)COCCOCCOCCOCCOCC(=O)N2CCN(c3ncc(-c4cc(NC(=O)c5ccc(F)cc5C(F)(F)F)c(N5C[C@@H](C)N(C)[C@@H](C)C5)cc4F)cn3)CC2)C(C)(C)C)cc1. The number of amides is 5. The number of aliphatic hydroxyl groups is 1. The van der Waals surface area contributed by atoms with Crippen LogP contribution in [0.3, 0.4) is 0 Å². The maximum Gasteiger partial charge on any atom is 0.417 e. The Kier molecular flexibility index (Phi) is 24.3. The van der Waals surface area contributed by atoms with Crippen molar-refractivity contribution < 1.29 is 74.7 Å². The zero-order valence-corrected chi connectivity index (χ0v) is 53.0. The molecule has 0 spiro atoms. The summed E-state index contributed by atoms with van der Waals surface area (Å²) in [6.45, 7) is 15.2. The number of aliphatic hydroxyl groups excluding tert-OH is 1. The third kappa shape index (κ3) is 18.9. The molecule has 28 heteroatoms. The molecule has 3 aliphatic rings. The van der Waals surface area contributed by atoms with Crippen molar-refractivity contribution in [2.45, 2.75) is 91.0 Å². The highest BCUT2D eigenvalue weighted by atomic mass is 32.1. The van der Waals surface area contributed by atoms with E-state index in [-0.39, 0.29) is 132 Å². The number of anilines is 3. The van der Waals surface area contributed by atoms with Crippen molar-refractivity contribution in [1.82, 2.24) is 40.3 Å². The lowest BCUT2D eigenvalue weighted by Crippen LogP contribution is -2.58.